The van der Waals surface area contributed by atoms with Gasteiger partial charge in [-0.3, -0.25) is 0 Å². The minimum atomic E-state index is -3.06. The van der Waals surface area contributed by atoms with E-state index in [1.807, 2.05) is 0 Å². The fraction of sp³-hybridized carbons (Fsp3) is 1.00. The number of rotatable bonds is 7. The summed E-state index contributed by atoms with van der Waals surface area (Å²) in [5.74, 6) is 0. The molecule has 0 bridgehead atoms. The summed E-state index contributed by atoms with van der Waals surface area (Å²) in [6.07, 6.45) is 4.55. The molecule has 1 fully saturated rings. The van der Waals surface area contributed by atoms with E-state index in [1.165, 1.54) is 0 Å². The maximum atomic E-state index is 11.6. The van der Waals surface area contributed by atoms with Gasteiger partial charge in [-0.1, -0.05) is 19.8 Å². The van der Waals surface area contributed by atoms with Gasteiger partial charge in [-0.15, -0.1) is 12.4 Å². The third kappa shape index (κ3) is 5.15. The van der Waals surface area contributed by atoms with Crippen LogP contribution in [0.3, 0.4) is 0 Å². The molecule has 0 aliphatic heterocycles. The topological polar surface area (TPSA) is 72.2 Å². The van der Waals surface area contributed by atoms with E-state index in [-0.39, 0.29) is 23.7 Å². The van der Waals surface area contributed by atoms with Crippen molar-refractivity contribution in [1.82, 2.24) is 4.72 Å². The largest absolute Gasteiger partial charge is 0.329 e. The van der Waals surface area contributed by atoms with E-state index in [0.29, 0.717) is 6.54 Å². The van der Waals surface area contributed by atoms with Crippen LogP contribution in [0.15, 0.2) is 0 Å². The van der Waals surface area contributed by atoms with Crippen molar-refractivity contribution in [2.75, 3.05) is 6.54 Å². The molecule has 0 heterocycles. The summed E-state index contributed by atoms with van der Waals surface area (Å²) in [6, 6.07) is -0.0689. The molecule has 0 spiro atoms. The van der Waals surface area contributed by atoms with Crippen molar-refractivity contribution in [1.29, 1.82) is 0 Å². The summed E-state index contributed by atoms with van der Waals surface area (Å²) in [7, 11) is -3.06. The van der Waals surface area contributed by atoms with Gasteiger partial charge in [0.05, 0.1) is 5.25 Å². The Morgan fingerprint density at radius 2 is 2.07 bits per heavy atom. The molecular weight excluding hydrogens is 236 g/mol. The summed E-state index contributed by atoms with van der Waals surface area (Å²) in [6.45, 7) is 2.48. The molecule has 0 amide bonds. The summed E-state index contributed by atoms with van der Waals surface area (Å²) in [4.78, 5) is 0. The molecule has 1 atom stereocenters. The molecule has 1 rings (SSSR count). The molecule has 0 aromatic carbocycles. The van der Waals surface area contributed by atoms with Crippen LogP contribution < -0.4 is 10.5 Å². The van der Waals surface area contributed by atoms with Gasteiger partial charge in [-0.2, -0.15) is 0 Å². The van der Waals surface area contributed by atoms with Crippen molar-refractivity contribution in [2.24, 2.45) is 5.73 Å². The molecule has 1 saturated carbocycles. The highest BCUT2D eigenvalue weighted by molar-refractivity contribution is 7.90. The number of hydrogen-bond donors (Lipinski definition) is 2. The lowest BCUT2D eigenvalue weighted by Gasteiger charge is -2.16. The number of halogens is 1. The van der Waals surface area contributed by atoms with Gasteiger partial charge in [0.2, 0.25) is 10.0 Å². The van der Waals surface area contributed by atoms with Crippen LogP contribution in [0.5, 0.6) is 0 Å². The molecule has 6 heteroatoms. The zero-order valence-electron chi connectivity index (χ0n) is 9.11. The molecule has 0 radical (unpaired) electrons. The van der Waals surface area contributed by atoms with Crippen molar-refractivity contribution in [3.63, 3.8) is 0 Å². The van der Waals surface area contributed by atoms with Gasteiger partial charge in [-0.25, -0.2) is 13.1 Å². The van der Waals surface area contributed by atoms with Crippen LogP contribution in [0.1, 0.15) is 39.0 Å². The van der Waals surface area contributed by atoms with Gasteiger partial charge >= 0.3 is 0 Å². The first-order chi connectivity index (χ1) is 6.60. The minimum absolute atomic E-state index is 0. The number of nitrogens with one attached hydrogen (secondary N) is 1. The minimum Gasteiger partial charge on any atom is -0.329 e. The highest BCUT2D eigenvalue weighted by atomic mass is 35.5. The number of nitrogens with two attached hydrogens (primary N) is 1. The van der Waals surface area contributed by atoms with Crippen LogP contribution in [0.4, 0.5) is 0 Å². The molecule has 0 aromatic rings. The predicted octanol–water partition coefficient (Wildman–Crippen LogP) is 1.01. The van der Waals surface area contributed by atoms with Gasteiger partial charge < -0.3 is 5.73 Å². The SMILES string of the molecule is CCCCC(CN)NS(=O)(=O)C1CC1.Cl. The Bertz CT molecular complexity index is 265. The van der Waals surface area contributed by atoms with Crippen LogP contribution in [-0.2, 0) is 10.0 Å². The molecule has 0 aromatic heterocycles. The zero-order valence-corrected chi connectivity index (χ0v) is 10.7. The highest BCUT2D eigenvalue weighted by Crippen LogP contribution is 2.27. The highest BCUT2D eigenvalue weighted by Gasteiger charge is 2.36. The fourth-order valence-electron chi connectivity index (χ4n) is 1.38. The first-order valence-electron chi connectivity index (χ1n) is 5.31. The maximum Gasteiger partial charge on any atom is 0.214 e. The molecule has 92 valence electrons. The third-order valence-electron chi connectivity index (χ3n) is 2.48. The van der Waals surface area contributed by atoms with Gasteiger partial charge in [0.1, 0.15) is 0 Å². The Morgan fingerprint density at radius 1 is 1.47 bits per heavy atom. The van der Waals surface area contributed by atoms with Crippen molar-refractivity contribution in [2.45, 2.75) is 50.3 Å². The fourth-order valence-corrected chi connectivity index (χ4v) is 3.01. The van der Waals surface area contributed by atoms with Crippen molar-refractivity contribution in [3.05, 3.63) is 0 Å². The van der Waals surface area contributed by atoms with Crippen LogP contribution in [0.2, 0.25) is 0 Å². The van der Waals surface area contributed by atoms with E-state index in [0.717, 1.165) is 32.1 Å². The lowest BCUT2D eigenvalue weighted by Crippen LogP contribution is -2.41. The monoisotopic (exact) mass is 256 g/mol. The zero-order chi connectivity index (χ0) is 10.6. The second-order valence-electron chi connectivity index (χ2n) is 3.94. The standard InChI is InChI=1S/C9H20N2O2S.ClH/c1-2-3-4-8(7-10)11-14(12,13)9-5-6-9;/h8-9,11H,2-7,10H2,1H3;1H. The quantitative estimate of drug-likeness (QED) is 0.714. The first kappa shape index (κ1) is 15.2. The normalized spacial score (nSPS) is 18.3. The smallest absolute Gasteiger partial charge is 0.214 e. The number of sulfonamides is 1. The van der Waals surface area contributed by atoms with E-state index in [2.05, 4.69) is 11.6 Å². The Hall–Kier alpha value is 0.160. The van der Waals surface area contributed by atoms with E-state index in [4.69, 9.17) is 5.73 Å². The van der Waals surface area contributed by atoms with E-state index >= 15 is 0 Å². The van der Waals surface area contributed by atoms with E-state index in [1.54, 1.807) is 0 Å². The molecule has 1 unspecified atom stereocenters. The molecule has 1 aliphatic carbocycles. The summed E-state index contributed by atoms with van der Waals surface area (Å²) < 4.78 is 25.8. The van der Waals surface area contributed by atoms with Gasteiger partial charge in [0.25, 0.3) is 0 Å². The van der Waals surface area contributed by atoms with Crippen LogP contribution in [-0.4, -0.2) is 26.3 Å². The number of unbranched alkanes of at least 4 members (excludes halogenated alkanes) is 1. The Kier molecular flexibility index (Phi) is 6.75. The Morgan fingerprint density at radius 3 is 2.47 bits per heavy atom. The average Bonchev–Trinajstić information content (AvgIpc) is 2.95. The molecule has 15 heavy (non-hydrogen) atoms. The Balaban J connectivity index is 0.00000196. The summed E-state index contributed by atoms with van der Waals surface area (Å²) >= 11 is 0. The maximum absolute atomic E-state index is 11.6. The lowest BCUT2D eigenvalue weighted by molar-refractivity contribution is 0.515. The summed E-state index contributed by atoms with van der Waals surface area (Å²) in [5, 5.41) is -0.141. The van der Waals surface area contributed by atoms with Crippen molar-refractivity contribution in [3.8, 4) is 0 Å². The second kappa shape index (κ2) is 6.68. The van der Waals surface area contributed by atoms with Crippen molar-refractivity contribution < 1.29 is 8.42 Å². The van der Waals surface area contributed by atoms with Crippen LogP contribution in [0.25, 0.3) is 0 Å². The van der Waals surface area contributed by atoms with E-state index in [9.17, 15) is 8.42 Å². The van der Waals surface area contributed by atoms with Gasteiger partial charge in [0, 0.05) is 12.6 Å². The number of hydrogen-bond acceptors (Lipinski definition) is 3. The average molecular weight is 257 g/mol. The molecule has 3 N–H and O–H groups in total. The van der Waals surface area contributed by atoms with Gasteiger partial charge in [-0.05, 0) is 19.3 Å². The first-order valence-corrected chi connectivity index (χ1v) is 6.86. The van der Waals surface area contributed by atoms with Crippen molar-refractivity contribution >= 4 is 22.4 Å². The predicted molar refractivity (Wildman–Crippen MR) is 64.7 cm³/mol. The molecule has 0 saturated heterocycles. The van der Waals surface area contributed by atoms with Crippen LogP contribution >= 0.6 is 12.4 Å². The van der Waals surface area contributed by atoms with Crippen LogP contribution in [0, 0.1) is 0 Å². The van der Waals surface area contributed by atoms with Gasteiger partial charge in [0.15, 0.2) is 0 Å². The second-order valence-corrected chi connectivity index (χ2v) is 5.93. The molecule has 1 aliphatic rings. The summed E-state index contributed by atoms with van der Waals surface area (Å²) in [5.41, 5.74) is 5.51. The van der Waals surface area contributed by atoms with E-state index < -0.39 is 10.0 Å². The third-order valence-corrected chi connectivity index (χ3v) is 4.50. The Labute approximate surface area is 98.5 Å². The lowest BCUT2D eigenvalue weighted by atomic mass is 10.1. The molecular formula is C9H21ClN2O2S. The molecule has 4 nitrogen and oxygen atoms in total.